The topological polar surface area (TPSA) is 25.8 Å². The van der Waals surface area contributed by atoms with Crippen LogP contribution in [0.3, 0.4) is 0 Å². The van der Waals surface area contributed by atoms with E-state index in [1.165, 1.54) is 76.3 Å². The summed E-state index contributed by atoms with van der Waals surface area (Å²) in [4.78, 5) is 10.6. The highest BCUT2D eigenvalue weighted by Crippen LogP contribution is 2.43. The average Bonchev–Trinajstić information content (AvgIpc) is 3.35. The molecule has 0 radical (unpaired) electrons. The summed E-state index contributed by atoms with van der Waals surface area (Å²) >= 11 is 0. The lowest BCUT2D eigenvalue weighted by atomic mass is 9.88. The summed E-state index contributed by atoms with van der Waals surface area (Å²) in [5.74, 6) is 0.698. The van der Waals surface area contributed by atoms with Gasteiger partial charge in [0.15, 0.2) is 5.82 Å². The van der Waals surface area contributed by atoms with Crippen LogP contribution in [0.15, 0.2) is 231 Å². The maximum atomic E-state index is 5.31. The fourth-order valence-electron chi connectivity index (χ4n) is 9.56. The molecule has 0 N–H and O–H groups in total. The van der Waals surface area contributed by atoms with E-state index in [2.05, 4.69) is 224 Å². The highest BCUT2D eigenvalue weighted by molar-refractivity contribution is 6.20. The molecule has 0 aliphatic rings. The molecule has 1 aromatic heterocycles. The molecule has 0 atom stereocenters. The van der Waals surface area contributed by atoms with Crippen molar-refractivity contribution in [3.63, 3.8) is 0 Å². The van der Waals surface area contributed by atoms with Gasteiger partial charge in [-0.1, -0.05) is 218 Å². The number of nitrogens with zero attached hydrogens (tertiary/aromatic N) is 2. The molecule has 0 unspecified atom stereocenters. The van der Waals surface area contributed by atoms with Gasteiger partial charge in [0.2, 0.25) is 0 Å². The van der Waals surface area contributed by atoms with E-state index in [4.69, 9.17) is 9.97 Å². The molecule has 0 saturated heterocycles. The first-order valence-corrected chi connectivity index (χ1v) is 21.2. The quantitative estimate of drug-likeness (QED) is 0.124. The molecule has 0 saturated carbocycles. The SMILES string of the molecule is c1ccc(-c2nc(-c3ccccc3-c3cccc4ccccc34)cc(-c3ccc(-c4ccc(-c5c6ccccc6cc6c5ccc5ccccc56)cc4)c4ccccc34)n2)cc1. The van der Waals surface area contributed by atoms with Gasteiger partial charge in [0.05, 0.1) is 11.4 Å². The van der Waals surface area contributed by atoms with Crippen LogP contribution in [0.4, 0.5) is 0 Å². The number of benzene rings is 11. The maximum Gasteiger partial charge on any atom is 0.160 e. The molecule has 12 rings (SSSR count). The van der Waals surface area contributed by atoms with Crippen molar-refractivity contribution >= 4 is 53.9 Å². The number of aromatic nitrogens is 2. The summed E-state index contributed by atoms with van der Waals surface area (Å²) in [6, 6.07) is 83.0. The highest BCUT2D eigenvalue weighted by Gasteiger charge is 2.18. The Morgan fingerprint density at radius 3 is 1.53 bits per heavy atom. The van der Waals surface area contributed by atoms with Crippen molar-refractivity contribution < 1.29 is 0 Å². The van der Waals surface area contributed by atoms with Crippen LogP contribution in [0, 0.1) is 0 Å². The Morgan fingerprint density at radius 1 is 0.226 bits per heavy atom. The molecular formula is C60H38N2. The molecule has 0 amide bonds. The van der Waals surface area contributed by atoms with Gasteiger partial charge in [0.1, 0.15) is 0 Å². The van der Waals surface area contributed by atoms with Crippen LogP contribution in [0.25, 0.3) is 121 Å². The molecule has 11 aromatic carbocycles. The first-order chi connectivity index (χ1) is 30.7. The van der Waals surface area contributed by atoms with Crippen LogP contribution >= 0.6 is 0 Å². The molecule has 2 heteroatoms. The normalized spacial score (nSPS) is 11.5. The van der Waals surface area contributed by atoms with Crippen molar-refractivity contribution in [2.45, 2.75) is 0 Å². The van der Waals surface area contributed by atoms with Crippen molar-refractivity contribution in [2.75, 3.05) is 0 Å². The molecule has 62 heavy (non-hydrogen) atoms. The summed E-state index contributed by atoms with van der Waals surface area (Å²) in [6.07, 6.45) is 0. The Labute approximate surface area is 360 Å². The van der Waals surface area contributed by atoms with Gasteiger partial charge in [-0.15, -0.1) is 0 Å². The zero-order chi connectivity index (χ0) is 41.0. The molecule has 0 bridgehead atoms. The third-order valence-corrected chi connectivity index (χ3v) is 12.5. The van der Waals surface area contributed by atoms with Crippen molar-refractivity contribution in [1.82, 2.24) is 9.97 Å². The van der Waals surface area contributed by atoms with Crippen molar-refractivity contribution in [2.24, 2.45) is 0 Å². The largest absolute Gasteiger partial charge is 0.228 e. The van der Waals surface area contributed by atoms with Gasteiger partial charge in [-0.05, 0) is 99.4 Å². The van der Waals surface area contributed by atoms with Crippen LogP contribution in [0.1, 0.15) is 0 Å². The third-order valence-electron chi connectivity index (χ3n) is 12.5. The maximum absolute atomic E-state index is 5.31. The smallest absolute Gasteiger partial charge is 0.160 e. The van der Waals surface area contributed by atoms with Gasteiger partial charge < -0.3 is 0 Å². The first kappa shape index (κ1) is 35.7. The molecule has 0 aliphatic carbocycles. The molecule has 12 aromatic rings. The van der Waals surface area contributed by atoms with E-state index in [-0.39, 0.29) is 0 Å². The first-order valence-electron chi connectivity index (χ1n) is 21.2. The van der Waals surface area contributed by atoms with Gasteiger partial charge in [0.25, 0.3) is 0 Å². The fourth-order valence-corrected chi connectivity index (χ4v) is 9.56. The Kier molecular flexibility index (Phi) is 8.53. The highest BCUT2D eigenvalue weighted by atomic mass is 14.9. The van der Waals surface area contributed by atoms with Gasteiger partial charge in [-0.25, -0.2) is 9.97 Å². The van der Waals surface area contributed by atoms with Crippen LogP contribution in [-0.4, -0.2) is 9.97 Å². The molecule has 0 spiro atoms. The van der Waals surface area contributed by atoms with E-state index in [0.717, 1.165) is 39.0 Å². The summed E-state index contributed by atoms with van der Waals surface area (Å²) in [5, 5.41) is 12.3. The van der Waals surface area contributed by atoms with Crippen LogP contribution in [0.5, 0.6) is 0 Å². The van der Waals surface area contributed by atoms with Crippen molar-refractivity contribution in [3.05, 3.63) is 231 Å². The summed E-state index contributed by atoms with van der Waals surface area (Å²) in [7, 11) is 0. The second-order valence-electron chi connectivity index (χ2n) is 16.0. The van der Waals surface area contributed by atoms with Gasteiger partial charge in [-0.2, -0.15) is 0 Å². The number of hydrogen-bond acceptors (Lipinski definition) is 2. The Hall–Kier alpha value is -8.20. The van der Waals surface area contributed by atoms with Gasteiger partial charge in [-0.3, -0.25) is 0 Å². The molecule has 0 fully saturated rings. The van der Waals surface area contributed by atoms with E-state index >= 15 is 0 Å². The van der Waals surface area contributed by atoms with Crippen LogP contribution in [-0.2, 0) is 0 Å². The Balaban J connectivity index is 0.999. The zero-order valence-electron chi connectivity index (χ0n) is 33.8. The third kappa shape index (κ3) is 6.04. The molecule has 288 valence electrons. The number of rotatable bonds is 6. The van der Waals surface area contributed by atoms with Crippen LogP contribution < -0.4 is 0 Å². The minimum atomic E-state index is 0.698. The lowest BCUT2D eigenvalue weighted by Crippen LogP contribution is -1.98. The number of fused-ring (bicyclic) bond motifs is 6. The molecular weight excluding hydrogens is 749 g/mol. The summed E-state index contributed by atoms with van der Waals surface area (Å²) in [5.41, 5.74) is 12.0. The Morgan fingerprint density at radius 2 is 0.758 bits per heavy atom. The second-order valence-corrected chi connectivity index (χ2v) is 16.0. The number of hydrogen-bond donors (Lipinski definition) is 0. The molecule has 1 heterocycles. The van der Waals surface area contributed by atoms with Crippen LogP contribution in [0.2, 0.25) is 0 Å². The average molecular weight is 787 g/mol. The molecule has 0 aliphatic heterocycles. The van der Waals surface area contributed by atoms with E-state index in [9.17, 15) is 0 Å². The predicted octanol–water partition coefficient (Wildman–Crippen LogP) is 16.2. The van der Waals surface area contributed by atoms with Gasteiger partial charge >= 0.3 is 0 Å². The standard InChI is InChI=1S/C60H38N2/c1-2-17-43(18-3-1)60-61-57(53-27-13-12-25-51(53)50-28-14-20-39-15-4-7-21-45(39)50)38-58(62-60)54-36-35-47(49-24-10-11-26-52(49)54)41-29-31-42(32-30-41)59-48-23-9-6-19-44(48)37-56-46-22-8-5-16-40(46)33-34-55(56)59/h1-38H. The minimum absolute atomic E-state index is 0.698. The van der Waals surface area contributed by atoms with E-state index in [1.54, 1.807) is 0 Å². The van der Waals surface area contributed by atoms with Crippen molar-refractivity contribution in [3.8, 4) is 67.3 Å². The van der Waals surface area contributed by atoms with E-state index in [0.29, 0.717) is 5.82 Å². The lowest BCUT2D eigenvalue weighted by molar-refractivity contribution is 1.19. The van der Waals surface area contributed by atoms with E-state index < -0.39 is 0 Å². The zero-order valence-corrected chi connectivity index (χ0v) is 33.8. The second kappa shape index (κ2) is 14.8. The summed E-state index contributed by atoms with van der Waals surface area (Å²) in [6.45, 7) is 0. The van der Waals surface area contributed by atoms with E-state index in [1.807, 2.05) is 6.07 Å². The van der Waals surface area contributed by atoms with Crippen molar-refractivity contribution in [1.29, 1.82) is 0 Å². The summed E-state index contributed by atoms with van der Waals surface area (Å²) < 4.78 is 0. The Bertz CT molecular complexity index is 3680. The predicted molar refractivity (Wildman–Crippen MR) is 262 cm³/mol. The van der Waals surface area contributed by atoms with Gasteiger partial charge in [0, 0.05) is 16.7 Å². The lowest BCUT2D eigenvalue weighted by Gasteiger charge is -2.16. The molecule has 2 nitrogen and oxygen atoms in total. The fraction of sp³-hybridized carbons (Fsp3) is 0. The minimum Gasteiger partial charge on any atom is -0.228 e. The monoisotopic (exact) mass is 786 g/mol.